The van der Waals surface area contributed by atoms with Crippen LogP contribution in [0.4, 0.5) is 4.39 Å². The summed E-state index contributed by atoms with van der Waals surface area (Å²) >= 11 is 4.47. The summed E-state index contributed by atoms with van der Waals surface area (Å²) in [6.07, 6.45) is 0. The van der Waals surface area contributed by atoms with Gasteiger partial charge >= 0.3 is 4.87 Å². The van der Waals surface area contributed by atoms with E-state index >= 15 is 0 Å². The van der Waals surface area contributed by atoms with Crippen molar-refractivity contribution in [3.05, 3.63) is 54.8 Å². The van der Waals surface area contributed by atoms with Crippen molar-refractivity contribution in [2.45, 2.75) is 13.5 Å². The number of benzene rings is 1. The molecule has 0 fully saturated rings. The monoisotopic (exact) mass is 301 g/mol. The molecule has 2 rings (SSSR count). The Morgan fingerprint density at radius 2 is 2.25 bits per heavy atom. The highest BCUT2D eigenvalue weighted by Crippen LogP contribution is 2.19. The minimum absolute atomic E-state index is 0.00808. The molecule has 5 heteroatoms. The third-order valence-electron chi connectivity index (χ3n) is 2.32. The zero-order valence-electron chi connectivity index (χ0n) is 8.54. The van der Waals surface area contributed by atoms with Crippen LogP contribution >= 0.6 is 27.3 Å². The van der Waals surface area contributed by atoms with Crippen molar-refractivity contribution >= 4 is 27.3 Å². The average molecular weight is 302 g/mol. The van der Waals surface area contributed by atoms with E-state index in [1.54, 1.807) is 10.6 Å². The lowest BCUT2D eigenvalue weighted by Crippen LogP contribution is -2.15. The Labute approximate surface area is 104 Å². The van der Waals surface area contributed by atoms with Crippen molar-refractivity contribution in [1.82, 2.24) is 4.57 Å². The molecule has 0 spiro atoms. The third kappa shape index (κ3) is 2.25. The summed E-state index contributed by atoms with van der Waals surface area (Å²) in [5.41, 5.74) is 1.82. The van der Waals surface area contributed by atoms with Gasteiger partial charge in [0, 0.05) is 15.5 Å². The summed E-state index contributed by atoms with van der Waals surface area (Å²) in [5.74, 6) is -0.287. The van der Waals surface area contributed by atoms with Crippen LogP contribution in [0.15, 0.2) is 32.8 Å². The third-order valence-corrected chi connectivity index (χ3v) is 3.94. The molecule has 84 valence electrons. The Morgan fingerprint density at radius 1 is 1.50 bits per heavy atom. The molecule has 0 aliphatic rings. The molecular formula is C11H9BrFNOS. The van der Waals surface area contributed by atoms with Crippen LogP contribution in [0.25, 0.3) is 0 Å². The van der Waals surface area contributed by atoms with Gasteiger partial charge in [-0.05, 0) is 24.6 Å². The summed E-state index contributed by atoms with van der Waals surface area (Å²) in [5, 5.41) is 1.82. The van der Waals surface area contributed by atoms with Crippen LogP contribution in [0.5, 0.6) is 0 Å². The molecule has 0 amide bonds. The first-order valence-electron chi connectivity index (χ1n) is 4.67. The van der Waals surface area contributed by atoms with Gasteiger partial charge in [0.1, 0.15) is 5.82 Å². The molecule has 1 aromatic heterocycles. The summed E-state index contributed by atoms with van der Waals surface area (Å²) < 4.78 is 15.2. The Bertz CT molecular complexity index is 576. The molecule has 1 heterocycles. The summed E-state index contributed by atoms with van der Waals surface area (Å²) in [7, 11) is 0. The highest BCUT2D eigenvalue weighted by Gasteiger charge is 2.06. The van der Waals surface area contributed by atoms with Crippen molar-refractivity contribution < 1.29 is 4.39 Å². The molecule has 0 N–H and O–H groups in total. The molecule has 0 aliphatic heterocycles. The van der Waals surface area contributed by atoms with E-state index in [1.807, 2.05) is 12.3 Å². The number of halogens is 2. The zero-order valence-corrected chi connectivity index (χ0v) is 10.9. The van der Waals surface area contributed by atoms with E-state index in [0.717, 1.165) is 11.3 Å². The largest absolute Gasteiger partial charge is 0.307 e. The quantitative estimate of drug-likeness (QED) is 0.835. The first kappa shape index (κ1) is 11.5. The summed E-state index contributed by atoms with van der Waals surface area (Å²) in [4.78, 5) is 11.5. The van der Waals surface area contributed by atoms with Crippen LogP contribution in [0.2, 0.25) is 0 Å². The predicted octanol–water partition coefficient (Wildman–Crippen LogP) is 3.17. The fraction of sp³-hybridized carbons (Fsp3) is 0.182. The maximum absolute atomic E-state index is 12.9. The average Bonchev–Trinajstić information content (AvgIpc) is 2.53. The van der Waals surface area contributed by atoms with Gasteiger partial charge in [-0.2, -0.15) is 0 Å². The maximum Gasteiger partial charge on any atom is 0.307 e. The number of nitrogens with zero attached hydrogens (tertiary/aromatic N) is 1. The second-order valence-corrected chi connectivity index (χ2v) is 5.14. The number of hydrogen-bond donors (Lipinski definition) is 0. The van der Waals surface area contributed by atoms with Crippen molar-refractivity contribution in [2.75, 3.05) is 0 Å². The molecule has 0 saturated carbocycles. The number of aryl methyl sites for hydroxylation is 1. The standard InChI is InChI=1S/C11H9BrFNOS/c1-7-6-16-11(15)14(7)5-8-2-3-9(13)4-10(8)12/h2-4,6H,5H2,1H3. The highest BCUT2D eigenvalue weighted by atomic mass is 79.9. The van der Waals surface area contributed by atoms with E-state index in [1.165, 1.54) is 23.5 Å². The second kappa shape index (κ2) is 4.51. The number of thiazole rings is 1. The Balaban J connectivity index is 2.38. The van der Waals surface area contributed by atoms with Crippen LogP contribution in [0.3, 0.4) is 0 Å². The summed E-state index contributed by atoms with van der Waals surface area (Å²) in [6, 6.07) is 4.48. The van der Waals surface area contributed by atoms with Gasteiger partial charge in [0.2, 0.25) is 0 Å². The van der Waals surface area contributed by atoms with Crippen LogP contribution in [-0.4, -0.2) is 4.57 Å². The lowest BCUT2D eigenvalue weighted by atomic mass is 10.2. The van der Waals surface area contributed by atoms with Gasteiger partial charge in [-0.3, -0.25) is 9.36 Å². The Hall–Kier alpha value is -0.940. The fourth-order valence-electron chi connectivity index (χ4n) is 1.42. The van der Waals surface area contributed by atoms with Gasteiger partial charge in [0.25, 0.3) is 0 Å². The van der Waals surface area contributed by atoms with Crippen molar-refractivity contribution in [2.24, 2.45) is 0 Å². The van der Waals surface area contributed by atoms with E-state index in [9.17, 15) is 9.18 Å². The molecule has 1 aromatic carbocycles. The predicted molar refractivity (Wildman–Crippen MR) is 66.5 cm³/mol. The molecule has 16 heavy (non-hydrogen) atoms. The fourth-order valence-corrected chi connectivity index (χ4v) is 2.63. The van der Waals surface area contributed by atoms with Crippen molar-refractivity contribution in [3.63, 3.8) is 0 Å². The molecule has 0 atom stereocenters. The number of rotatable bonds is 2. The molecule has 0 aliphatic carbocycles. The molecule has 0 bridgehead atoms. The zero-order chi connectivity index (χ0) is 11.7. The highest BCUT2D eigenvalue weighted by molar-refractivity contribution is 9.10. The molecule has 0 unspecified atom stereocenters. The summed E-state index contributed by atoms with van der Waals surface area (Å²) in [6.45, 7) is 2.35. The first-order valence-corrected chi connectivity index (χ1v) is 6.34. The van der Waals surface area contributed by atoms with Gasteiger partial charge in [-0.15, -0.1) is 0 Å². The van der Waals surface area contributed by atoms with Crippen LogP contribution in [0, 0.1) is 12.7 Å². The van der Waals surface area contributed by atoms with Gasteiger partial charge in [-0.1, -0.05) is 33.3 Å². The van der Waals surface area contributed by atoms with E-state index in [4.69, 9.17) is 0 Å². The number of hydrogen-bond acceptors (Lipinski definition) is 2. The maximum atomic E-state index is 12.9. The minimum Gasteiger partial charge on any atom is -0.299 e. The SMILES string of the molecule is Cc1csc(=O)n1Cc1ccc(F)cc1Br. The smallest absolute Gasteiger partial charge is 0.299 e. The molecule has 0 radical (unpaired) electrons. The molecular weight excluding hydrogens is 293 g/mol. The van der Waals surface area contributed by atoms with Gasteiger partial charge in [0.15, 0.2) is 0 Å². The van der Waals surface area contributed by atoms with E-state index < -0.39 is 0 Å². The normalized spacial score (nSPS) is 10.7. The Kier molecular flexibility index (Phi) is 3.25. The van der Waals surface area contributed by atoms with Gasteiger partial charge in [0.05, 0.1) is 6.54 Å². The first-order chi connectivity index (χ1) is 7.58. The van der Waals surface area contributed by atoms with Crippen LogP contribution in [0.1, 0.15) is 11.3 Å². The van der Waals surface area contributed by atoms with E-state index in [-0.39, 0.29) is 10.7 Å². The molecule has 0 saturated heterocycles. The molecule has 2 aromatic rings. The molecule has 2 nitrogen and oxygen atoms in total. The topological polar surface area (TPSA) is 22.0 Å². The minimum atomic E-state index is -0.287. The number of aromatic nitrogens is 1. The lowest BCUT2D eigenvalue weighted by Gasteiger charge is -2.06. The van der Waals surface area contributed by atoms with E-state index in [0.29, 0.717) is 11.0 Å². The second-order valence-electron chi connectivity index (χ2n) is 3.46. The van der Waals surface area contributed by atoms with Gasteiger partial charge < -0.3 is 0 Å². The van der Waals surface area contributed by atoms with Crippen LogP contribution < -0.4 is 4.87 Å². The van der Waals surface area contributed by atoms with E-state index in [2.05, 4.69) is 15.9 Å². The Morgan fingerprint density at radius 3 is 2.81 bits per heavy atom. The lowest BCUT2D eigenvalue weighted by molar-refractivity contribution is 0.624. The van der Waals surface area contributed by atoms with Crippen molar-refractivity contribution in [1.29, 1.82) is 0 Å². The van der Waals surface area contributed by atoms with Crippen LogP contribution in [-0.2, 0) is 6.54 Å². The van der Waals surface area contributed by atoms with Crippen molar-refractivity contribution in [3.8, 4) is 0 Å². The van der Waals surface area contributed by atoms with Gasteiger partial charge in [-0.25, -0.2) is 4.39 Å².